The Morgan fingerprint density at radius 2 is 1.86 bits per heavy atom. The van der Waals surface area contributed by atoms with Crippen LogP contribution in [0.3, 0.4) is 0 Å². The number of hydrogen-bond acceptors (Lipinski definition) is 9. The van der Waals surface area contributed by atoms with E-state index >= 15 is 0 Å². The molecule has 3 N–H and O–H groups in total. The van der Waals surface area contributed by atoms with Crippen LogP contribution in [0, 0.1) is 6.92 Å². The van der Waals surface area contributed by atoms with Gasteiger partial charge in [0.25, 0.3) is 0 Å². The van der Waals surface area contributed by atoms with Gasteiger partial charge in [-0.15, -0.1) is 0 Å². The van der Waals surface area contributed by atoms with Crippen molar-refractivity contribution in [3.63, 3.8) is 0 Å². The van der Waals surface area contributed by atoms with Crippen LogP contribution in [0.2, 0.25) is 0 Å². The summed E-state index contributed by atoms with van der Waals surface area (Å²) in [6, 6.07) is 17.7. The topological polar surface area (TPSA) is 164 Å². The van der Waals surface area contributed by atoms with Crippen molar-refractivity contribution in [2.24, 2.45) is 0 Å². The second-order valence-electron chi connectivity index (χ2n) is 10.2. The van der Waals surface area contributed by atoms with E-state index < -0.39 is 11.9 Å². The Hall–Kier alpha value is -5.23. The quantitative estimate of drug-likeness (QED) is 0.170. The molecule has 0 amide bonds. The first kappa shape index (κ1) is 29.3. The number of pyridine rings is 1. The Balaban J connectivity index is 0.000000407. The van der Waals surface area contributed by atoms with Crippen LogP contribution in [0.15, 0.2) is 86.6 Å². The van der Waals surface area contributed by atoms with Gasteiger partial charge in [0.05, 0.1) is 6.54 Å². The summed E-state index contributed by atoms with van der Waals surface area (Å²) in [5, 5.41) is 20.2. The SMILES string of the molecule is Cc1ccc(Cn2c(NC3CCN(CCc4cc5ccccc5oc4=O)C3)nc3cccnc32)o1.O=C(O)C=CC(=O)O. The minimum atomic E-state index is -1.26. The molecule has 1 unspecified atom stereocenters. The fraction of sp³-hybridized carbons (Fsp3) is 0.258. The molecular weight excluding hydrogens is 554 g/mol. The number of likely N-dealkylation sites (tertiary alicyclic amines) is 1. The lowest BCUT2D eigenvalue weighted by atomic mass is 10.1. The Labute approximate surface area is 245 Å². The van der Waals surface area contributed by atoms with Crippen molar-refractivity contribution < 1.29 is 28.6 Å². The number of nitrogens with zero attached hydrogens (tertiary/aromatic N) is 4. The first-order valence-electron chi connectivity index (χ1n) is 13.8. The highest BCUT2D eigenvalue weighted by Crippen LogP contribution is 2.23. The molecule has 1 aromatic carbocycles. The Morgan fingerprint density at radius 1 is 1.07 bits per heavy atom. The zero-order valence-corrected chi connectivity index (χ0v) is 23.5. The number of aliphatic carboxylic acids is 2. The number of benzene rings is 1. The minimum Gasteiger partial charge on any atom is -0.478 e. The van der Waals surface area contributed by atoms with Gasteiger partial charge >= 0.3 is 17.6 Å². The third-order valence-corrected chi connectivity index (χ3v) is 7.00. The van der Waals surface area contributed by atoms with E-state index in [0.29, 0.717) is 30.7 Å². The van der Waals surface area contributed by atoms with E-state index in [1.54, 1.807) is 6.20 Å². The van der Waals surface area contributed by atoms with Gasteiger partial charge in [-0.3, -0.25) is 4.57 Å². The molecule has 5 aromatic rings. The smallest absolute Gasteiger partial charge is 0.339 e. The fourth-order valence-electron chi connectivity index (χ4n) is 4.98. The summed E-state index contributed by atoms with van der Waals surface area (Å²) in [6.07, 6.45) is 4.58. The van der Waals surface area contributed by atoms with Gasteiger partial charge in [-0.25, -0.2) is 24.4 Å². The van der Waals surface area contributed by atoms with Crippen LogP contribution in [0.25, 0.3) is 22.1 Å². The molecule has 0 spiro atoms. The maximum Gasteiger partial charge on any atom is 0.339 e. The summed E-state index contributed by atoms with van der Waals surface area (Å²) in [7, 11) is 0. The highest BCUT2D eigenvalue weighted by molar-refractivity contribution is 5.89. The van der Waals surface area contributed by atoms with E-state index in [1.165, 1.54) is 0 Å². The van der Waals surface area contributed by atoms with Gasteiger partial charge in [0.15, 0.2) is 5.65 Å². The van der Waals surface area contributed by atoms with E-state index in [1.807, 2.05) is 61.5 Å². The molecule has 12 nitrogen and oxygen atoms in total. The molecule has 6 rings (SSSR count). The van der Waals surface area contributed by atoms with Crippen molar-refractivity contribution in [1.82, 2.24) is 19.4 Å². The van der Waals surface area contributed by atoms with E-state index in [4.69, 9.17) is 24.0 Å². The predicted molar refractivity (Wildman–Crippen MR) is 159 cm³/mol. The molecule has 222 valence electrons. The number of carbonyl (C=O) groups is 2. The number of anilines is 1. The van der Waals surface area contributed by atoms with Crippen LogP contribution in [-0.4, -0.2) is 67.3 Å². The zero-order chi connectivity index (χ0) is 30.3. The van der Waals surface area contributed by atoms with E-state index in [2.05, 4.69) is 19.8 Å². The first-order valence-corrected chi connectivity index (χ1v) is 13.8. The van der Waals surface area contributed by atoms with Crippen molar-refractivity contribution in [1.29, 1.82) is 0 Å². The molecule has 1 fully saturated rings. The molecule has 43 heavy (non-hydrogen) atoms. The van der Waals surface area contributed by atoms with Gasteiger partial charge in [-0.1, -0.05) is 18.2 Å². The average Bonchev–Trinajstić information content (AvgIpc) is 3.70. The molecule has 0 saturated carbocycles. The molecule has 0 radical (unpaired) electrons. The average molecular weight is 586 g/mol. The largest absolute Gasteiger partial charge is 0.478 e. The molecule has 0 aliphatic carbocycles. The van der Waals surface area contributed by atoms with Crippen LogP contribution < -0.4 is 10.9 Å². The normalized spacial score (nSPS) is 15.1. The Kier molecular flexibility index (Phi) is 8.96. The highest BCUT2D eigenvalue weighted by Gasteiger charge is 2.25. The number of fused-ring (bicyclic) bond motifs is 2. The molecule has 1 atom stereocenters. The summed E-state index contributed by atoms with van der Waals surface area (Å²) in [5.74, 6) is 0.0473. The number of carboxylic acid groups (broad SMARTS) is 2. The maximum atomic E-state index is 12.4. The summed E-state index contributed by atoms with van der Waals surface area (Å²) < 4.78 is 13.4. The molecule has 4 aromatic heterocycles. The molecule has 1 aliphatic heterocycles. The van der Waals surface area contributed by atoms with Crippen LogP contribution in [0.1, 0.15) is 23.5 Å². The van der Waals surface area contributed by atoms with Gasteiger partial charge in [0.2, 0.25) is 5.95 Å². The number of hydrogen-bond donors (Lipinski definition) is 3. The van der Waals surface area contributed by atoms with E-state index in [9.17, 15) is 14.4 Å². The second kappa shape index (κ2) is 13.2. The highest BCUT2D eigenvalue weighted by atomic mass is 16.4. The number of nitrogens with one attached hydrogen (secondary N) is 1. The molecule has 5 heterocycles. The van der Waals surface area contributed by atoms with Crippen LogP contribution >= 0.6 is 0 Å². The second-order valence-corrected chi connectivity index (χ2v) is 10.2. The van der Waals surface area contributed by atoms with E-state index in [0.717, 1.165) is 65.6 Å². The molecule has 1 aliphatic rings. The van der Waals surface area contributed by atoms with Gasteiger partial charge in [0, 0.05) is 55.0 Å². The first-order chi connectivity index (χ1) is 20.7. The number of carboxylic acids is 2. The summed E-state index contributed by atoms with van der Waals surface area (Å²) in [4.78, 5) is 43.3. The lowest BCUT2D eigenvalue weighted by Gasteiger charge is -2.17. The standard InChI is InChI=1S/C27H27N5O3.C4H4O4/c1-18-8-9-22(34-18)17-32-25-23(6-4-12-28-25)30-27(32)29-21-11-14-31(16-21)13-10-20-15-19-5-2-3-7-24(19)35-26(20)33;5-3(6)1-2-4(7)8/h2-9,12,15,21H,10-11,13-14,16-17H2,1H3,(H,29,30);1-2H,(H,5,6)(H,7,8). The van der Waals surface area contributed by atoms with Gasteiger partial charge in [-0.05, 0) is 56.2 Å². The van der Waals surface area contributed by atoms with Crippen molar-refractivity contribution >= 4 is 40.0 Å². The third kappa shape index (κ3) is 7.54. The Morgan fingerprint density at radius 3 is 2.60 bits per heavy atom. The van der Waals surface area contributed by atoms with Crippen molar-refractivity contribution in [2.45, 2.75) is 32.4 Å². The van der Waals surface area contributed by atoms with Crippen LogP contribution in [0.4, 0.5) is 5.95 Å². The van der Waals surface area contributed by atoms with E-state index in [-0.39, 0.29) is 11.7 Å². The number of rotatable bonds is 9. The number of para-hydroxylation sites is 1. The molecule has 0 bridgehead atoms. The summed E-state index contributed by atoms with van der Waals surface area (Å²) in [6.45, 7) is 5.17. The van der Waals surface area contributed by atoms with Crippen molar-refractivity contribution in [3.8, 4) is 0 Å². The van der Waals surface area contributed by atoms with Crippen molar-refractivity contribution in [3.05, 3.63) is 100 Å². The minimum absolute atomic E-state index is 0.244. The number of furan rings is 1. The summed E-state index contributed by atoms with van der Waals surface area (Å²) >= 11 is 0. The van der Waals surface area contributed by atoms with Gasteiger partial charge in [-0.2, -0.15) is 0 Å². The van der Waals surface area contributed by atoms with Crippen molar-refractivity contribution in [2.75, 3.05) is 25.0 Å². The fourth-order valence-corrected chi connectivity index (χ4v) is 4.98. The molecular formula is C31H31N5O7. The van der Waals surface area contributed by atoms with Crippen LogP contribution in [-0.2, 0) is 22.6 Å². The monoisotopic (exact) mass is 585 g/mol. The lowest BCUT2D eigenvalue weighted by molar-refractivity contribution is -0.134. The Bertz CT molecular complexity index is 1820. The molecule has 12 heteroatoms. The van der Waals surface area contributed by atoms with Gasteiger partial charge < -0.3 is 29.3 Å². The molecule has 1 saturated heterocycles. The third-order valence-electron chi connectivity index (χ3n) is 7.00. The summed E-state index contributed by atoms with van der Waals surface area (Å²) in [5.41, 5.74) is 2.81. The van der Waals surface area contributed by atoms with Gasteiger partial charge in [0.1, 0.15) is 22.6 Å². The predicted octanol–water partition coefficient (Wildman–Crippen LogP) is 3.93. The number of aromatic nitrogens is 3. The zero-order valence-electron chi connectivity index (χ0n) is 23.5. The number of aryl methyl sites for hydroxylation is 1. The maximum absolute atomic E-state index is 12.4. The lowest BCUT2D eigenvalue weighted by Crippen LogP contribution is -2.29. The van der Waals surface area contributed by atoms with Crippen LogP contribution in [0.5, 0.6) is 0 Å². The number of imidazole rings is 1.